The van der Waals surface area contributed by atoms with Crippen molar-refractivity contribution < 1.29 is 18.0 Å². The van der Waals surface area contributed by atoms with Gasteiger partial charge in [0.15, 0.2) is 0 Å². The summed E-state index contributed by atoms with van der Waals surface area (Å²) in [4.78, 5) is 12.0. The lowest BCUT2D eigenvalue weighted by molar-refractivity contribution is -0.137. The van der Waals surface area contributed by atoms with Gasteiger partial charge in [-0.1, -0.05) is 18.1 Å². The van der Waals surface area contributed by atoms with Crippen LogP contribution in [0.25, 0.3) is 0 Å². The van der Waals surface area contributed by atoms with Gasteiger partial charge in [-0.05, 0) is 38.5 Å². The molecule has 0 aliphatic carbocycles. The lowest BCUT2D eigenvalue weighted by Crippen LogP contribution is -2.43. The Labute approximate surface area is 116 Å². The molecular weight excluding hydrogens is 267 g/mol. The van der Waals surface area contributed by atoms with Gasteiger partial charge in [-0.3, -0.25) is 4.79 Å². The zero-order valence-corrected chi connectivity index (χ0v) is 11.5. The second kappa shape index (κ2) is 5.58. The number of terminal acetylenes is 1. The van der Waals surface area contributed by atoms with Crippen LogP contribution in [0.15, 0.2) is 24.3 Å². The third kappa shape index (κ3) is 4.02. The van der Waals surface area contributed by atoms with Crippen molar-refractivity contribution in [3.63, 3.8) is 0 Å². The quantitative estimate of drug-likeness (QED) is 0.847. The Balaban J connectivity index is 2.86. The minimum absolute atomic E-state index is 0.326. The molecule has 5 heteroatoms. The molecule has 1 unspecified atom stereocenters. The summed E-state index contributed by atoms with van der Waals surface area (Å²) in [6.07, 6.45) is 0.892. The highest BCUT2D eigenvalue weighted by Gasteiger charge is 2.30. The van der Waals surface area contributed by atoms with E-state index in [4.69, 9.17) is 6.42 Å². The Hall–Kier alpha value is -1.96. The molecule has 0 heterocycles. The minimum atomic E-state index is -4.38. The molecule has 1 aromatic carbocycles. The maximum absolute atomic E-state index is 12.4. The molecule has 0 aromatic heterocycles. The van der Waals surface area contributed by atoms with E-state index >= 15 is 0 Å². The van der Waals surface area contributed by atoms with Crippen LogP contribution in [-0.2, 0) is 11.0 Å². The molecule has 0 saturated carbocycles. The van der Waals surface area contributed by atoms with Gasteiger partial charge in [0, 0.05) is 0 Å². The van der Waals surface area contributed by atoms with E-state index in [1.54, 1.807) is 20.8 Å². The highest BCUT2D eigenvalue weighted by atomic mass is 19.4. The Kier molecular flexibility index (Phi) is 4.49. The molecule has 1 atom stereocenters. The molecule has 0 spiro atoms. The van der Waals surface area contributed by atoms with E-state index in [9.17, 15) is 18.0 Å². The summed E-state index contributed by atoms with van der Waals surface area (Å²) in [7, 11) is 0. The molecular formula is C15H16F3NO. The van der Waals surface area contributed by atoms with Crippen molar-refractivity contribution in [2.24, 2.45) is 0 Å². The Morgan fingerprint density at radius 1 is 1.25 bits per heavy atom. The number of nitrogens with one attached hydrogen (secondary N) is 1. The molecule has 0 aliphatic rings. The molecule has 1 amide bonds. The van der Waals surface area contributed by atoms with Crippen LogP contribution in [-0.4, -0.2) is 11.4 Å². The molecule has 20 heavy (non-hydrogen) atoms. The molecule has 0 radical (unpaired) electrons. The summed E-state index contributed by atoms with van der Waals surface area (Å²) in [5, 5.41) is 2.65. The predicted molar refractivity (Wildman–Crippen MR) is 70.9 cm³/mol. The first kappa shape index (κ1) is 16.1. The summed E-state index contributed by atoms with van der Waals surface area (Å²) in [6, 6.07) is 4.53. The topological polar surface area (TPSA) is 29.1 Å². The number of carbonyl (C=O) groups excluding carboxylic acids is 1. The first-order valence-electron chi connectivity index (χ1n) is 6.04. The summed E-state index contributed by atoms with van der Waals surface area (Å²) in [5.41, 5.74) is -1.03. The maximum atomic E-state index is 12.4. The van der Waals surface area contributed by atoms with Crippen molar-refractivity contribution in [1.82, 2.24) is 5.32 Å². The number of carbonyl (C=O) groups is 1. The van der Waals surface area contributed by atoms with E-state index in [2.05, 4.69) is 11.2 Å². The number of halogens is 3. The van der Waals surface area contributed by atoms with Crippen LogP contribution in [0.3, 0.4) is 0 Å². The molecule has 0 fully saturated rings. The number of hydrogen-bond acceptors (Lipinski definition) is 1. The number of hydrogen-bond donors (Lipinski definition) is 1. The van der Waals surface area contributed by atoms with Gasteiger partial charge in [-0.25, -0.2) is 0 Å². The van der Waals surface area contributed by atoms with Crippen LogP contribution in [0.5, 0.6) is 0 Å². The van der Waals surface area contributed by atoms with Gasteiger partial charge < -0.3 is 5.32 Å². The van der Waals surface area contributed by atoms with E-state index in [1.807, 2.05) is 0 Å². The molecule has 2 nitrogen and oxygen atoms in total. The van der Waals surface area contributed by atoms with Crippen molar-refractivity contribution >= 4 is 5.91 Å². The van der Waals surface area contributed by atoms with Crippen molar-refractivity contribution in [2.45, 2.75) is 38.4 Å². The highest BCUT2D eigenvalue weighted by Crippen LogP contribution is 2.30. The SMILES string of the molecule is C#CC(C)(C)NC(=O)C(C)c1ccc(C(F)(F)F)cc1. The fraction of sp³-hybridized carbons (Fsp3) is 0.400. The van der Waals surface area contributed by atoms with Crippen LogP contribution >= 0.6 is 0 Å². The fourth-order valence-corrected chi connectivity index (χ4v) is 1.56. The van der Waals surface area contributed by atoms with Gasteiger partial charge in [0.25, 0.3) is 0 Å². The normalized spacial score (nSPS) is 13.4. The van der Waals surface area contributed by atoms with Crippen LogP contribution in [0, 0.1) is 12.3 Å². The molecule has 0 aliphatic heterocycles. The lowest BCUT2D eigenvalue weighted by Gasteiger charge is -2.22. The average Bonchev–Trinajstić information content (AvgIpc) is 2.36. The first-order chi connectivity index (χ1) is 9.07. The molecule has 1 rings (SSSR count). The van der Waals surface area contributed by atoms with Crippen LogP contribution < -0.4 is 5.32 Å². The number of alkyl halides is 3. The predicted octanol–water partition coefficient (Wildman–Crippen LogP) is 3.34. The molecule has 1 aromatic rings. The minimum Gasteiger partial charge on any atom is -0.340 e. The van der Waals surface area contributed by atoms with Crippen LogP contribution in [0.2, 0.25) is 0 Å². The molecule has 0 saturated heterocycles. The second-order valence-electron chi connectivity index (χ2n) is 5.10. The van der Waals surface area contributed by atoms with Gasteiger partial charge in [0.2, 0.25) is 5.91 Å². The van der Waals surface area contributed by atoms with Crippen LogP contribution in [0.1, 0.15) is 37.8 Å². The van der Waals surface area contributed by atoms with E-state index in [1.165, 1.54) is 12.1 Å². The van der Waals surface area contributed by atoms with E-state index in [0.717, 1.165) is 12.1 Å². The van der Waals surface area contributed by atoms with E-state index in [-0.39, 0.29) is 5.91 Å². The standard InChI is InChI=1S/C15H16F3NO/c1-5-14(3,4)19-13(20)10(2)11-6-8-12(9-7-11)15(16,17)18/h1,6-10H,2-4H3,(H,19,20). The average molecular weight is 283 g/mol. The summed E-state index contributed by atoms with van der Waals surface area (Å²) < 4.78 is 37.3. The highest BCUT2D eigenvalue weighted by molar-refractivity contribution is 5.84. The molecule has 108 valence electrons. The van der Waals surface area contributed by atoms with Gasteiger partial charge in [0.1, 0.15) is 0 Å². The first-order valence-corrected chi connectivity index (χ1v) is 6.04. The Morgan fingerprint density at radius 3 is 2.15 bits per heavy atom. The Bertz CT molecular complexity index is 524. The summed E-state index contributed by atoms with van der Waals surface area (Å²) in [6.45, 7) is 4.96. The van der Waals surface area contributed by atoms with Crippen LogP contribution in [0.4, 0.5) is 13.2 Å². The van der Waals surface area contributed by atoms with Crippen molar-refractivity contribution in [3.05, 3.63) is 35.4 Å². The summed E-state index contributed by atoms with van der Waals surface area (Å²) >= 11 is 0. The lowest BCUT2D eigenvalue weighted by atomic mass is 9.97. The van der Waals surface area contributed by atoms with Crippen molar-refractivity contribution in [1.29, 1.82) is 0 Å². The zero-order valence-electron chi connectivity index (χ0n) is 11.5. The fourth-order valence-electron chi connectivity index (χ4n) is 1.56. The van der Waals surface area contributed by atoms with Crippen molar-refractivity contribution in [2.75, 3.05) is 0 Å². The largest absolute Gasteiger partial charge is 0.416 e. The van der Waals surface area contributed by atoms with Gasteiger partial charge in [-0.2, -0.15) is 13.2 Å². The van der Waals surface area contributed by atoms with Crippen molar-refractivity contribution in [3.8, 4) is 12.3 Å². The third-order valence-corrected chi connectivity index (χ3v) is 2.93. The van der Waals surface area contributed by atoms with Gasteiger partial charge in [-0.15, -0.1) is 6.42 Å². The van der Waals surface area contributed by atoms with Gasteiger partial charge in [0.05, 0.1) is 17.0 Å². The molecule has 1 N–H and O–H groups in total. The summed E-state index contributed by atoms with van der Waals surface area (Å²) in [5.74, 6) is 1.52. The number of rotatable bonds is 3. The van der Waals surface area contributed by atoms with E-state index < -0.39 is 23.2 Å². The monoisotopic (exact) mass is 283 g/mol. The maximum Gasteiger partial charge on any atom is 0.416 e. The molecule has 0 bridgehead atoms. The smallest absolute Gasteiger partial charge is 0.340 e. The number of amides is 1. The third-order valence-electron chi connectivity index (χ3n) is 2.93. The zero-order chi connectivity index (χ0) is 15.6. The van der Waals surface area contributed by atoms with E-state index in [0.29, 0.717) is 5.56 Å². The second-order valence-corrected chi connectivity index (χ2v) is 5.10. The number of benzene rings is 1. The Morgan fingerprint density at radius 2 is 1.75 bits per heavy atom. The van der Waals surface area contributed by atoms with Gasteiger partial charge >= 0.3 is 6.18 Å².